The zero-order valence-electron chi connectivity index (χ0n) is 8.29. The summed E-state index contributed by atoms with van der Waals surface area (Å²) >= 11 is 3.88. The van der Waals surface area contributed by atoms with Crippen LogP contribution >= 0.6 is 12.6 Å². The number of aliphatic hydroxyl groups is 2. The molecule has 0 saturated heterocycles. The van der Waals surface area contributed by atoms with Gasteiger partial charge in [-0.3, -0.25) is 0 Å². The van der Waals surface area contributed by atoms with E-state index in [1.54, 1.807) is 0 Å². The van der Waals surface area contributed by atoms with E-state index in [2.05, 4.69) is 17.6 Å². The number of aliphatic hydroxyl groups excluding tert-OH is 2. The molecule has 84 valence electrons. The van der Waals surface area contributed by atoms with E-state index in [0.29, 0.717) is 17.1 Å². The maximum Gasteiger partial charge on any atom is 0.236 e. The first-order valence-corrected chi connectivity index (χ1v) is 4.99. The number of anilines is 1. The van der Waals surface area contributed by atoms with Gasteiger partial charge in [-0.25, -0.2) is 4.98 Å². The average Bonchev–Trinajstić information content (AvgIpc) is 2.26. The van der Waals surface area contributed by atoms with Crippen LogP contribution in [0.15, 0.2) is 12.3 Å². The van der Waals surface area contributed by atoms with Crippen LogP contribution in [-0.4, -0.2) is 34.2 Å². The minimum atomic E-state index is -1.04. The van der Waals surface area contributed by atoms with Crippen LogP contribution in [0.25, 0.3) is 0 Å². The van der Waals surface area contributed by atoms with Gasteiger partial charge in [0.15, 0.2) is 0 Å². The molecule has 1 heterocycles. The van der Waals surface area contributed by atoms with Crippen molar-refractivity contribution in [3.05, 3.63) is 17.8 Å². The molecule has 1 aromatic rings. The molecule has 2 unspecified atom stereocenters. The summed E-state index contributed by atoms with van der Waals surface area (Å²) in [6.45, 7) is 0. The van der Waals surface area contributed by atoms with Gasteiger partial charge in [0.1, 0.15) is 6.10 Å². The summed E-state index contributed by atoms with van der Waals surface area (Å²) in [7, 11) is 1.46. The quantitative estimate of drug-likeness (QED) is 0.547. The summed E-state index contributed by atoms with van der Waals surface area (Å²) in [6.07, 6.45) is -0.571. The second kappa shape index (κ2) is 5.20. The maximum absolute atomic E-state index is 9.64. The van der Waals surface area contributed by atoms with Crippen molar-refractivity contribution in [1.29, 1.82) is 0 Å². The van der Waals surface area contributed by atoms with Gasteiger partial charge in [0.05, 0.1) is 18.9 Å². The largest absolute Gasteiger partial charge is 0.480 e. The number of ether oxygens (including phenoxy) is 1. The Morgan fingerprint density at radius 3 is 2.73 bits per heavy atom. The molecule has 0 aliphatic carbocycles. The van der Waals surface area contributed by atoms with Crippen LogP contribution in [0.5, 0.6) is 5.88 Å². The molecule has 0 aliphatic heterocycles. The Labute approximate surface area is 93.3 Å². The minimum absolute atomic E-state index is 0.160. The number of rotatable bonds is 4. The zero-order chi connectivity index (χ0) is 11.4. The molecule has 0 bridgehead atoms. The summed E-state index contributed by atoms with van der Waals surface area (Å²) < 4.78 is 4.87. The maximum atomic E-state index is 9.64. The summed E-state index contributed by atoms with van der Waals surface area (Å²) in [6, 6.07) is 1.52. The first-order valence-electron chi connectivity index (χ1n) is 4.36. The Morgan fingerprint density at radius 1 is 1.60 bits per heavy atom. The average molecular weight is 230 g/mol. The van der Waals surface area contributed by atoms with Crippen LogP contribution < -0.4 is 10.5 Å². The van der Waals surface area contributed by atoms with Gasteiger partial charge in [0.25, 0.3) is 0 Å². The third kappa shape index (κ3) is 2.74. The molecule has 0 aliphatic rings. The molecule has 0 spiro atoms. The van der Waals surface area contributed by atoms with Crippen molar-refractivity contribution < 1.29 is 14.9 Å². The first-order chi connectivity index (χ1) is 7.10. The van der Waals surface area contributed by atoms with E-state index in [1.807, 2.05) is 0 Å². The van der Waals surface area contributed by atoms with Crippen LogP contribution in [0.4, 0.5) is 5.69 Å². The van der Waals surface area contributed by atoms with Crippen LogP contribution in [-0.2, 0) is 0 Å². The van der Waals surface area contributed by atoms with E-state index in [9.17, 15) is 10.2 Å². The number of hydrogen-bond donors (Lipinski definition) is 4. The Hall–Kier alpha value is -0.980. The van der Waals surface area contributed by atoms with Crippen molar-refractivity contribution in [1.82, 2.24) is 4.98 Å². The molecule has 0 aromatic carbocycles. The summed E-state index contributed by atoms with van der Waals surface area (Å²) in [5.74, 6) is 0.457. The number of aromatic nitrogens is 1. The van der Waals surface area contributed by atoms with Gasteiger partial charge < -0.3 is 20.7 Å². The smallest absolute Gasteiger partial charge is 0.236 e. The van der Waals surface area contributed by atoms with Gasteiger partial charge in [-0.1, -0.05) is 0 Å². The van der Waals surface area contributed by atoms with E-state index in [-0.39, 0.29) is 5.75 Å². The van der Waals surface area contributed by atoms with Gasteiger partial charge in [-0.2, -0.15) is 12.6 Å². The number of nitrogens with two attached hydrogens (primary N) is 1. The Morgan fingerprint density at radius 2 is 2.27 bits per heavy atom. The number of nitrogen functional groups attached to an aromatic ring is 1. The summed E-state index contributed by atoms with van der Waals surface area (Å²) in [5, 5.41) is 19.0. The lowest BCUT2D eigenvalue weighted by molar-refractivity contribution is 0.0335. The predicted molar refractivity (Wildman–Crippen MR) is 60.0 cm³/mol. The highest BCUT2D eigenvalue weighted by Crippen LogP contribution is 2.24. The van der Waals surface area contributed by atoms with E-state index >= 15 is 0 Å². The lowest BCUT2D eigenvalue weighted by Crippen LogP contribution is -2.20. The normalized spacial score (nSPS) is 14.7. The molecule has 0 fully saturated rings. The lowest BCUT2D eigenvalue weighted by Gasteiger charge is -2.16. The van der Waals surface area contributed by atoms with Crippen LogP contribution in [0.1, 0.15) is 11.7 Å². The molecule has 0 amide bonds. The monoisotopic (exact) mass is 230 g/mol. The second-order valence-corrected chi connectivity index (χ2v) is 3.43. The highest BCUT2D eigenvalue weighted by molar-refractivity contribution is 7.80. The number of hydrogen-bond acceptors (Lipinski definition) is 6. The highest BCUT2D eigenvalue weighted by atomic mass is 32.1. The fourth-order valence-electron chi connectivity index (χ4n) is 1.14. The number of nitrogens with zero attached hydrogens (tertiary/aromatic N) is 1. The SMILES string of the molecule is COc1ncc(C(O)C(O)CS)cc1N. The lowest BCUT2D eigenvalue weighted by atomic mass is 10.1. The summed E-state index contributed by atoms with van der Waals surface area (Å²) in [4.78, 5) is 3.89. The number of pyridine rings is 1. The molecule has 0 radical (unpaired) electrons. The Kier molecular flexibility index (Phi) is 4.19. The predicted octanol–water partition coefficient (Wildman–Crippen LogP) is -0.00350. The molecule has 2 atom stereocenters. The van der Waals surface area contributed by atoms with Gasteiger partial charge in [-0.05, 0) is 6.07 Å². The number of thiol groups is 1. The van der Waals surface area contributed by atoms with E-state index in [1.165, 1.54) is 19.4 Å². The van der Waals surface area contributed by atoms with Gasteiger partial charge >= 0.3 is 0 Å². The molecule has 5 nitrogen and oxygen atoms in total. The van der Waals surface area contributed by atoms with Gasteiger partial charge in [0.2, 0.25) is 5.88 Å². The van der Waals surface area contributed by atoms with Crippen molar-refractivity contribution in [2.75, 3.05) is 18.6 Å². The third-order valence-electron chi connectivity index (χ3n) is 1.99. The zero-order valence-corrected chi connectivity index (χ0v) is 9.19. The topological polar surface area (TPSA) is 88.6 Å². The summed E-state index contributed by atoms with van der Waals surface area (Å²) in [5.41, 5.74) is 6.37. The molecule has 1 aromatic heterocycles. The number of methoxy groups -OCH3 is 1. The van der Waals surface area contributed by atoms with Crippen LogP contribution in [0.2, 0.25) is 0 Å². The van der Waals surface area contributed by atoms with E-state index in [4.69, 9.17) is 10.5 Å². The molecular weight excluding hydrogens is 216 g/mol. The Bertz CT molecular complexity index is 335. The molecule has 6 heteroatoms. The van der Waals surface area contributed by atoms with E-state index < -0.39 is 12.2 Å². The molecular formula is C9H14N2O3S. The molecule has 4 N–H and O–H groups in total. The van der Waals surface area contributed by atoms with Crippen molar-refractivity contribution in [3.63, 3.8) is 0 Å². The highest BCUT2D eigenvalue weighted by Gasteiger charge is 2.18. The first kappa shape index (κ1) is 12.1. The Balaban J connectivity index is 2.92. The third-order valence-corrected chi connectivity index (χ3v) is 2.36. The fourth-order valence-corrected chi connectivity index (χ4v) is 1.34. The van der Waals surface area contributed by atoms with Crippen molar-refractivity contribution in [2.45, 2.75) is 12.2 Å². The van der Waals surface area contributed by atoms with E-state index in [0.717, 1.165) is 0 Å². The molecule has 1 rings (SSSR count). The van der Waals surface area contributed by atoms with Gasteiger partial charge in [0, 0.05) is 17.5 Å². The molecule has 15 heavy (non-hydrogen) atoms. The standard InChI is InChI=1S/C9H14N2O3S/c1-14-9-6(10)2-5(3-11-9)8(13)7(12)4-15/h2-3,7-8,12-13,15H,4,10H2,1H3. The van der Waals surface area contributed by atoms with Crippen molar-refractivity contribution in [2.24, 2.45) is 0 Å². The fraction of sp³-hybridized carbons (Fsp3) is 0.444. The van der Waals surface area contributed by atoms with Crippen molar-refractivity contribution in [3.8, 4) is 5.88 Å². The molecule has 0 saturated carbocycles. The van der Waals surface area contributed by atoms with Gasteiger partial charge in [-0.15, -0.1) is 0 Å². The minimum Gasteiger partial charge on any atom is -0.480 e. The van der Waals surface area contributed by atoms with Crippen LogP contribution in [0.3, 0.4) is 0 Å². The van der Waals surface area contributed by atoms with Crippen molar-refractivity contribution >= 4 is 18.3 Å². The van der Waals surface area contributed by atoms with Crippen LogP contribution in [0, 0.1) is 0 Å². The second-order valence-electron chi connectivity index (χ2n) is 3.06.